The average molecular weight is 468 g/mol. The van der Waals surface area contributed by atoms with Crippen molar-refractivity contribution in [1.29, 1.82) is 0 Å². The number of para-hydroxylation sites is 2. The van der Waals surface area contributed by atoms with Crippen LogP contribution in [-0.4, -0.2) is 22.5 Å². The van der Waals surface area contributed by atoms with Gasteiger partial charge in [-0.05, 0) is 53.6 Å². The van der Waals surface area contributed by atoms with Crippen LogP contribution in [0, 0.1) is 5.41 Å². The van der Waals surface area contributed by atoms with E-state index >= 15 is 0 Å². The van der Waals surface area contributed by atoms with Crippen molar-refractivity contribution >= 4 is 16.9 Å². The van der Waals surface area contributed by atoms with Crippen LogP contribution >= 0.6 is 0 Å². The normalized spacial score (nSPS) is 12.5. The van der Waals surface area contributed by atoms with Crippen LogP contribution in [0.5, 0.6) is 0 Å². The summed E-state index contributed by atoms with van der Waals surface area (Å²) in [7, 11) is 1.62. The van der Waals surface area contributed by atoms with Crippen molar-refractivity contribution in [3.05, 3.63) is 112 Å². The molecule has 1 unspecified atom stereocenters. The fourth-order valence-electron chi connectivity index (χ4n) is 4.34. The molecule has 35 heavy (non-hydrogen) atoms. The monoisotopic (exact) mass is 467 g/mol. The molecule has 0 saturated carbocycles. The lowest BCUT2D eigenvalue weighted by molar-refractivity contribution is 0.0963. The van der Waals surface area contributed by atoms with Gasteiger partial charge in [-0.3, -0.25) is 9.59 Å². The minimum absolute atomic E-state index is 0.0516. The molecule has 5 heteroatoms. The maximum Gasteiger partial charge on any atom is 0.273 e. The molecule has 1 heterocycles. The maximum absolute atomic E-state index is 14.0. The molecule has 5 nitrogen and oxygen atoms in total. The van der Waals surface area contributed by atoms with Gasteiger partial charge < -0.3 is 9.88 Å². The van der Waals surface area contributed by atoms with E-state index in [9.17, 15) is 9.59 Å². The second kappa shape index (κ2) is 10.3. The zero-order chi connectivity index (χ0) is 25.0. The molecule has 180 valence electrons. The minimum atomic E-state index is -0.242. The van der Waals surface area contributed by atoms with E-state index in [0.29, 0.717) is 24.2 Å². The molecule has 1 amide bonds. The highest BCUT2D eigenvalue weighted by Crippen LogP contribution is 2.28. The number of aromatic nitrogens is 2. The second-order valence-corrected chi connectivity index (χ2v) is 10.2. The van der Waals surface area contributed by atoms with Crippen molar-refractivity contribution in [2.24, 2.45) is 5.41 Å². The lowest BCUT2D eigenvalue weighted by Gasteiger charge is -2.22. The second-order valence-electron chi connectivity index (χ2n) is 10.2. The van der Waals surface area contributed by atoms with Crippen molar-refractivity contribution in [3.63, 3.8) is 0 Å². The third-order valence-corrected chi connectivity index (χ3v) is 6.38. The summed E-state index contributed by atoms with van der Waals surface area (Å²) in [6.07, 6.45) is 1.52. The zero-order valence-corrected chi connectivity index (χ0v) is 20.9. The maximum atomic E-state index is 14.0. The van der Waals surface area contributed by atoms with Gasteiger partial charge in [0.1, 0.15) is 5.69 Å². The van der Waals surface area contributed by atoms with Gasteiger partial charge in [0.05, 0.1) is 11.0 Å². The lowest BCUT2D eigenvalue weighted by atomic mass is 9.88. The molecule has 0 fully saturated rings. The molecular weight excluding hydrogens is 434 g/mol. The molecule has 0 saturated heterocycles. The van der Waals surface area contributed by atoms with Gasteiger partial charge in [0.2, 0.25) is 0 Å². The Kier molecular flexibility index (Phi) is 7.15. The Balaban J connectivity index is 1.87. The highest BCUT2D eigenvalue weighted by atomic mass is 16.1. The van der Waals surface area contributed by atoms with Crippen LogP contribution in [0.4, 0.5) is 0 Å². The summed E-state index contributed by atoms with van der Waals surface area (Å²) in [5.41, 5.74) is 4.94. The van der Waals surface area contributed by atoms with E-state index in [1.807, 2.05) is 71.3 Å². The SMILES string of the molecule is CNC(=O)c1ccc(C(Cc2ccccc2)c2nc3ccccc3n(CCC(C)(C)C)c2=O)cc1. The molecule has 0 radical (unpaired) electrons. The summed E-state index contributed by atoms with van der Waals surface area (Å²) in [6, 6.07) is 25.5. The van der Waals surface area contributed by atoms with Gasteiger partial charge in [-0.25, -0.2) is 4.98 Å². The molecule has 1 atom stereocenters. The first kappa shape index (κ1) is 24.4. The minimum Gasteiger partial charge on any atom is -0.355 e. The molecule has 1 N–H and O–H groups in total. The zero-order valence-electron chi connectivity index (χ0n) is 20.9. The molecule has 1 aromatic heterocycles. The van der Waals surface area contributed by atoms with Crippen LogP contribution in [0.3, 0.4) is 0 Å². The van der Waals surface area contributed by atoms with Gasteiger partial charge in [0.25, 0.3) is 11.5 Å². The van der Waals surface area contributed by atoms with E-state index in [-0.39, 0.29) is 22.8 Å². The third kappa shape index (κ3) is 5.68. The number of rotatable bonds is 7. The van der Waals surface area contributed by atoms with Crippen molar-refractivity contribution in [2.45, 2.75) is 46.1 Å². The summed E-state index contributed by atoms with van der Waals surface area (Å²) in [5.74, 6) is -0.376. The number of hydrogen-bond donors (Lipinski definition) is 1. The number of fused-ring (bicyclic) bond motifs is 1. The fourth-order valence-corrected chi connectivity index (χ4v) is 4.34. The van der Waals surface area contributed by atoms with Crippen LogP contribution in [-0.2, 0) is 13.0 Å². The number of nitrogens with zero attached hydrogens (tertiary/aromatic N) is 2. The fraction of sp³-hybridized carbons (Fsp3) is 0.300. The van der Waals surface area contributed by atoms with Crippen LogP contribution < -0.4 is 10.9 Å². The topological polar surface area (TPSA) is 64.0 Å². The summed E-state index contributed by atoms with van der Waals surface area (Å²) in [6.45, 7) is 7.20. The van der Waals surface area contributed by atoms with Crippen molar-refractivity contribution in [3.8, 4) is 0 Å². The number of aryl methyl sites for hydroxylation is 1. The first-order valence-corrected chi connectivity index (χ1v) is 12.1. The van der Waals surface area contributed by atoms with E-state index in [1.54, 1.807) is 7.05 Å². The predicted octanol–water partition coefficient (Wildman–Crippen LogP) is 5.57. The van der Waals surface area contributed by atoms with Crippen LogP contribution in [0.1, 0.15) is 60.3 Å². The Morgan fingerprint density at radius 3 is 2.26 bits per heavy atom. The number of amides is 1. The lowest BCUT2D eigenvalue weighted by Crippen LogP contribution is -2.30. The van der Waals surface area contributed by atoms with E-state index < -0.39 is 0 Å². The highest BCUT2D eigenvalue weighted by Gasteiger charge is 2.24. The number of hydrogen-bond acceptors (Lipinski definition) is 3. The van der Waals surface area contributed by atoms with Crippen LogP contribution in [0.15, 0.2) is 83.7 Å². The number of carbonyl (C=O) groups is 1. The molecule has 0 aliphatic carbocycles. The Morgan fingerprint density at radius 2 is 1.60 bits per heavy atom. The molecule has 4 aromatic rings. The Morgan fingerprint density at radius 1 is 0.943 bits per heavy atom. The number of carbonyl (C=O) groups excluding carboxylic acids is 1. The first-order chi connectivity index (χ1) is 16.8. The van der Waals surface area contributed by atoms with E-state index in [1.165, 1.54) is 0 Å². The Bertz CT molecular complexity index is 1370. The molecule has 0 aliphatic rings. The largest absolute Gasteiger partial charge is 0.355 e. The smallest absolute Gasteiger partial charge is 0.273 e. The Labute approximate surface area is 206 Å². The van der Waals surface area contributed by atoms with Gasteiger partial charge in [-0.2, -0.15) is 0 Å². The van der Waals surface area contributed by atoms with Gasteiger partial charge >= 0.3 is 0 Å². The number of nitrogens with one attached hydrogen (secondary N) is 1. The molecular formula is C30H33N3O2. The van der Waals surface area contributed by atoms with E-state index in [0.717, 1.165) is 28.6 Å². The van der Waals surface area contributed by atoms with Crippen molar-refractivity contribution < 1.29 is 4.79 Å². The van der Waals surface area contributed by atoms with Crippen molar-refractivity contribution in [1.82, 2.24) is 14.9 Å². The highest BCUT2D eigenvalue weighted by molar-refractivity contribution is 5.94. The summed E-state index contributed by atoms with van der Waals surface area (Å²) in [4.78, 5) is 31.0. The summed E-state index contributed by atoms with van der Waals surface area (Å²) < 4.78 is 1.89. The van der Waals surface area contributed by atoms with Gasteiger partial charge in [0.15, 0.2) is 0 Å². The summed E-state index contributed by atoms with van der Waals surface area (Å²) in [5, 5.41) is 2.66. The molecule has 0 spiro atoms. The molecule has 0 aliphatic heterocycles. The van der Waals surface area contributed by atoms with E-state index in [4.69, 9.17) is 4.98 Å². The standard InChI is InChI=1S/C30H33N3O2/c1-30(2,3)18-19-33-26-13-9-8-12-25(26)32-27(29(33)35)24(20-21-10-6-5-7-11-21)22-14-16-23(17-15-22)28(34)31-4/h5-17,24H,18-20H2,1-4H3,(H,31,34). The molecule has 0 bridgehead atoms. The van der Waals surface area contributed by atoms with Crippen LogP contribution in [0.2, 0.25) is 0 Å². The van der Waals surface area contributed by atoms with Gasteiger partial charge in [-0.15, -0.1) is 0 Å². The van der Waals surface area contributed by atoms with Gasteiger partial charge in [0, 0.05) is 25.1 Å². The average Bonchev–Trinajstić information content (AvgIpc) is 2.86. The van der Waals surface area contributed by atoms with Crippen molar-refractivity contribution in [2.75, 3.05) is 7.05 Å². The molecule has 4 rings (SSSR count). The third-order valence-electron chi connectivity index (χ3n) is 6.38. The predicted molar refractivity (Wildman–Crippen MR) is 142 cm³/mol. The Hall–Kier alpha value is -3.73. The molecule has 3 aromatic carbocycles. The van der Waals surface area contributed by atoms with Gasteiger partial charge in [-0.1, -0.05) is 75.4 Å². The van der Waals surface area contributed by atoms with Crippen LogP contribution in [0.25, 0.3) is 11.0 Å². The number of benzene rings is 3. The quantitative estimate of drug-likeness (QED) is 0.387. The first-order valence-electron chi connectivity index (χ1n) is 12.1. The summed E-state index contributed by atoms with van der Waals surface area (Å²) >= 11 is 0. The van der Waals surface area contributed by atoms with E-state index in [2.05, 4.69) is 38.2 Å².